The minimum absolute atomic E-state index is 0.112. The Kier molecular flexibility index (Phi) is 4.03. The number of carbonyl (C=O) groups is 2. The number of amides is 2. The van der Waals surface area contributed by atoms with Gasteiger partial charge in [0.25, 0.3) is 0 Å². The van der Waals surface area contributed by atoms with Crippen molar-refractivity contribution < 1.29 is 19.1 Å². The van der Waals surface area contributed by atoms with Crippen LogP contribution in [-0.2, 0) is 9.59 Å². The quantitative estimate of drug-likeness (QED) is 0.886. The van der Waals surface area contributed by atoms with Crippen LogP contribution in [0.5, 0.6) is 11.5 Å². The largest absolute Gasteiger partial charge is 0.454 e. The fraction of sp³-hybridized carbons (Fsp3) is 0.300. The lowest BCUT2D eigenvalue weighted by molar-refractivity contribution is -0.122. The van der Waals surface area contributed by atoms with Crippen LogP contribution in [0.15, 0.2) is 36.4 Å². The van der Waals surface area contributed by atoms with E-state index in [-0.39, 0.29) is 30.4 Å². The van der Waals surface area contributed by atoms with Gasteiger partial charge < -0.3 is 20.1 Å². The summed E-state index contributed by atoms with van der Waals surface area (Å²) in [7, 11) is 0. The van der Waals surface area contributed by atoms with Crippen LogP contribution in [0.1, 0.15) is 17.5 Å². The van der Waals surface area contributed by atoms with Crippen LogP contribution >= 0.6 is 0 Å². The Hall–Kier alpha value is -3.02. The topological polar surface area (TPSA) is 76.7 Å². The van der Waals surface area contributed by atoms with Crippen molar-refractivity contribution in [1.82, 2.24) is 0 Å². The highest BCUT2D eigenvalue weighted by Gasteiger charge is 2.48. The maximum absolute atomic E-state index is 12.4. The van der Waals surface area contributed by atoms with Crippen LogP contribution in [0.2, 0.25) is 0 Å². The van der Waals surface area contributed by atoms with Crippen molar-refractivity contribution in [2.45, 2.75) is 20.3 Å². The smallest absolute Gasteiger partial charge is 0.231 e. The summed E-state index contributed by atoms with van der Waals surface area (Å²) < 4.78 is 10.6. The molecular formula is C20H20N2O4. The number of hydrogen-bond donors (Lipinski definition) is 2. The van der Waals surface area contributed by atoms with Gasteiger partial charge in [0.2, 0.25) is 18.6 Å². The molecule has 0 radical (unpaired) electrons. The molecule has 1 aliphatic heterocycles. The number of carbonyl (C=O) groups excluding carboxylic acids is 2. The van der Waals surface area contributed by atoms with Crippen molar-refractivity contribution in [2.75, 3.05) is 17.4 Å². The van der Waals surface area contributed by atoms with E-state index in [1.165, 1.54) is 5.56 Å². The molecule has 26 heavy (non-hydrogen) atoms. The van der Waals surface area contributed by atoms with Crippen molar-refractivity contribution in [3.8, 4) is 11.5 Å². The second kappa shape index (κ2) is 6.37. The van der Waals surface area contributed by atoms with Crippen LogP contribution in [0, 0.1) is 25.7 Å². The van der Waals surface area contributed by atoms with E-state index < -0.39 is 0 Å². The molecule has 0 aromatic heterocycles. The molecule has 2 N–H and O–H groups in total. The number of anilines is 2. The first kappa shape index (κ1) is 16.4. The number of rotatable bonds is 4. The van der Waals surface area contributed by atoms with Crippen molar-refractivity contribution in [3.05, 3.63) is 47.5 Å². The molecule has 1 saturated carbocycles. The fourth-order valence-corrected chi connectivity index (χ4v) is 3.04. The number of hydrogen-bond acceptors (Lipinski definition) is 4. The zero-order valence-corrected chi connectivity index (χ0v) is 14.7. The normalized spacial score (nSPS) is 19.8. The van der Waals surface area contributed by atoms with Crippen LogP contribution in [-0.4, -0.2) is 18.6 Å². The van der Waals surface area contributed by atoms with Crippen LogP contribution in [0.3, 0.4) is 0 Å². The van der Waals surface area contributed by atoms with E-state index in [0.29, 0.717) is 23.6 Å². The molecule has 2 unspecified atom stereocenters. The van der Waals surface area contributed by atoms with Gasteiger partial charge in [-0.3, -0.25) is 9.59 Å². The van der Waals surface area contributed by atoms with Crippen LogP contribution in [0.4, 0.5) is 11.4 Å². The Morgan fingerprint density at radius 1 is 0.846 bits per heavy atom. The summed E-state index contributed by atoms with van der Waals surface area (Å²) in [5.41, 5.74) is 3.70. The molecule has 0 spiro atoms. The van der Waals surface area contributed by atoms with Gasteiger partial charge in [-0.05, 0) is 55.7 Å². The van der Waals surface area contributed by atoms with Crippen molar-refractivity contribution in [1.29, 1.82) is 0 Å². The zero-order chi connectivity index (χ0) is 18.3. The van der Waals surface area contributed by atoms with E-state index in [2.05, 4.69) is 10.6 Å². The minimum Gasteiger partial charge on any atom is -0.454 e. The van der Waals surface area contributed by atoms with Gasteiger partial charge in [-0.15, -0.1) is 0 Å². The van der Waals surface area contributed by atoms with Gasteiger partial charge >= 0.3 is 0 Å². The summed E-state index contributed by atoms with van der Waals surface area (Å²) in [4.78, 5) is 24.7. The molecule has 0 bridgehead atoms. The highest BCUT2D eigenvalue weighted by molar-refractivity contribution is 6.03. The molecule has 2 aromatic rings. The molecule has 2 aliphatic rings. The highest BCUT2D eigenvalue weighted by Crippen LogP contribution is 2.41. The molecule has 1 heterocycles. The molecule has 2 aromatic carbocycles. The first-order valence-corrected chi connectivity index (χ1v) is 8.60. The number of fused-ring (bicyclic) bond motifs is 1. The van der Waals surface area contributed by atoms with Gasteiger partial charge in [-0.2, -0.15) is 0 Å². The van der Waals surface area contributed by atoms with Gasteiger partial charge in [0.15, 0.2) is 11.5 Å². The number of aryl methyl sites for hydroxylation is 2. The Bertz CT molecular complexity index is 893. The third-order valence-corrected chi connectivity index (χ3v) is 4.88. The monoisotopic (exact) mass is 352 g/mol. The average molecular weight is 352 g/mol. The van der Waals surface area contributed by atoms with E-state index in [9.17, 15) is 9.59 Å². The maximum atomic E-state index is 12.4. The first-order chi connectivity index (χ1) is 12.5. The van der Waals surface area contributed by atoms with Gasteiger partial charge in [0.1, 0.15) is 0 Å². The molecule has 134 valence electrons. The molecular weight excluding hydrogens is 332 g/mol. The molecule has 6 heteroatoms. The molecule has 6 nitrogen and oxygen atoms in total. The standard InChI is InChI=1S/C20H20N2O4/c1-11-3-4-13(7-12(11)2)21-19(23)15-9-16(15)20(24)22-14-5-6-17-18(8-14)26-10-25-17/h3-8,15-16H,9-10H2,1-2H3,(H,21,23)(H,22,24). The Morgan fingerprint density at radius 3 is 2.15 bits per heavy atom. The molecule has 2 atom stereocenters. The summed E-state index contributed by atoms with van der Waals surface area (Å²) in [6, 6.07) is 11.0. The van der Waals surface area contributed by atoms with Gasteiger partial charge in [0.05, 0.1) is 11.8 Å². The highest BCUT2D eigenvalue weighted by atomic mass is 16.7. The zero-order valence-electron chi connectivity index (χ0n) is 14.7. The molecule has 1 aliphatic carbocycles. The minimum atomic E-state index is -0.299. The number of ether oxygens (including phenoxy) is 2. The number of nitrogens with one attached hydrogen (secondary N) is 2. The Labute approximate surface area is 151 Å². The molecule has 2 amide bonds. The summed E-state index contributed by atoms with van der Waals surface area (Å²) in [5, 5.41) is 5.74. The molecule has 4 rings (SSSR count). The van der Waals surface area contributed by atoms with Crippen molar-refractivity contribution in [3.63, 3.8) is 0 Å². The SMILES string of the molecule is Cc1ccc(NC(=O)C2CC2C(=O)Nc2ccc3c(c2)OCO3)cc1C. The van der Waals surface area contributed by atoms with Gasteiger partial charge in [-0.1, -0.05) is 6.07 Å². The summed E-state index contributed by atoms with van der Waals surface area (Å²) in [6.45, 7) is 4.22. The first-order valence-electron chi connectivity index (χ1n) is 8.60. The summed E-state index contributed by atoms with van der Waals surface area (Å²) >= 11 is 0. The number of benzene rings is 2. The predicted molar refractivity (Wildman–Crippen MR) is 97.3 cm³/mol. The maximum Gasteiger partial charge on any atom is 0.231 e. The van der Waals surface area contributed by atoms with E-state index in [4.69, 9.17) is 9.47 Å². The lowest BCUT2D eigenvalue weighted by Gasteiger charge is -2.08. The van der Waals surface area contributed by atoms with Crippen LogP contribution < -0.4 is 20.1 Å². The third kappa shape index (κ3) is 3.22. The fourth-order valence-electron chi connectivity index (χ4n) is 3.04. The second-order valence-corrected chi connectivity index (χ2v) is 6.79. The van der Waals surface area contributed by atoms with E-state index >= 15 is 0 Å². The average Bonchev–Trinajstić information content (AvgIpc) is 3.29. The Balaban J connectivity index is 1.34. The summed E-state index contributed by atoms with van der Waals surface area (Å²) in [6.07, 6.45) is 0.563. The lowest BCUT2D eigenvalue weighted by Crippen LogP contribution is -2.20. The molecule has 1 fully saturated rings. The predicted octanol–water partition coefficient (Wildman–Crippen LogP) is 3.25. The summed E-state index contributed by atoms with van der Waals surface area (Å²) in [5.74, 6) is 0.434. The lowest BCUT2D eigenvalue weighted by atomic mass is 10.1. The second-order valence-electron chi connectivity index (χ2n) is 6.79. The van der Waals surface area contributed by atoms with Crippen molar-refractivity contribution in [2.24, 2.45) is 11.8 Å². The molecule has 0 saturated heterocycles. The third-order valence-electron chi connectivity index (χ3n) is 4.88. The van der Waals surface area contributed by atoms with Gasteiger partial charge in [0, 0.05) is 17.4 Å². The van der Waals surface area contributed by atoms with E-state index in [1.807, 2.05) is 32.0 Å². The van der Waals surface area contributed by atoms with Crippen LogP contribution in [0.25, 0.3) is 0 Å². The van der Waals surface area contributed by atoms with E-state index in [0.717, 1.165) is 11.3 Å². The van der Waals surface area contributed by atoms with E-state index in [1.54, 1.807) is 18.2 Å². The van der Waals surface area contributed by atoms with Gasteiger partial charge in [-0.25, -0.2) is 0 Å². The van der Waals surface area contributed by atoms with Crippen molar-refractivity contribution >= 4 is 23.2 Å². The Morgan fingerprint density at radius 2 is 1.46 bits per heavy atom.